The largest absolute Gasteiger partial charge is 0.493 e. The molecular formula is C30H55Cl2N3O5. The fraction of sp³-hybridized carbons (Fsp3) is 0.767. The van der Waals surface area contributed by atoms with Crippen LogP contribution >= 0.6 is 24.8 Å². The van der Waals surface area contributed by atoms with E-state index in [0.29, 0.717) is 44.3 Å². The maximum atomic E-state index is 12.6. The minimum Gasteiger partial charge on any atom is -0.493 e. The van der Waals surface area contributed by atoms with Gasteiger partial charge >= 0.3 is 0 Å². The van der Waals surface area contributed by atoms with Crippen LogP contribution in [0.4, 0.5) is 0 Å². The normalized spacial score (nSPS) is 16.7. The molecule has 4 atom stereocenters. The van der Waals surface area contributed by atoms with Crippen LogP contribution in [0.25, 0.3) is 0 Å². The molecule has 10 heteroatoms. The predicted molar refractivity (Wildman–Crippen MR) is 167 cm³/mol. The van der Waals surface area contributed by atoms with Crippen molar-refractivity contribution in [3.63, 3.8) is 0 Å². The molecule has 2 rings (SSSR count). The van der Waals surface area contributed by atoms with Crippen molar-refractivity contribution >= 4 is 30.7 Å². The molecule has 8 nitrogen and oxygen atoms in total. The molecule has 1 aliphatic heterocycles. The number of piperidine rings is 1. The van der Waals surface area contributed by atoms with Crippen LogP contribution in [-0.2, 0) is 16.0 Å². The van der Waals surface area contributed by atoms with Crippen LogP contribution in [0.2, 0.25) is 0 Å². The van der Waals surface area contributed by atoms with Crippen LogP contribution < -0.4 is 20.5 Å². The first-order valence-electron chi connectivity index (χ1n) is 14.5. The van der Waals surface area contributed by atoms with Gasteiger partial charge in [-0.2, -0.15) is 0 Å². The average molecular weight is 609 g/mol. The predicted octanol–water partition coefficient (Wildman–Crippen LogP) is 4.48. The summed E-state index contributed by atoms with van der Waals surface area (Å²) in [6.07, 6.45) is 5.74. The van der Waals surface area contributed by atoms with Gasteiger partial charge in [0, 0.05) is 45.2 Å². The quantitative estimate of drug-likeness (QED) is 0.211. The molecule has 1 aromatic rings. The lowest BCUT2D eigenvalue weighted by molar-refractivity contribution is -0.125. The third-order valence-electron chi connectivity index (χ3n) is 7.71. The van der Waals surface area contributed by atoms with E-state index >= 15 is 0 Å². The van der Waals surface area contributed by atoms with Crippen molar-refractivity contribution in [2.75, 3.05) is 53.6 Å². The van der Waals surface area contributed by atoms with E-state index in [1.165, 1.54) is 19.3 Å². The minimum absolute atomic E-state index is 0. The fourth-order valence-electron chi connectivity index (χ4n) is 5.09. The Morgan fingerprint density at radius 3 is 2.38 bits per heavy atom. The summed E-state index contributed by atoms with van der Waals surface area (Å²) in [5.41, 5.74) is 7.63. The van der Waals surface area contributed by atoms with E-state index in [0.717, 1.165) is 43.8 Å². The summed E-state index contributed by atoms with van der Waals surface area (Å²) < 4.78 is 16.5. The summed E-state index contributed by atoms with van der Waals surface area (Å²) in [5, 5.41) is 13.9. The van der Waals surface area contributed by atoms with Crippen LogP contribution in [-0.4, -0.2) is 81.7 Å². The van der Waals surface area contributed by atoms with Gasteiger partial charge in [0.1, 0.15) is 0 Å². The summed E-state index contributed by atoms with van der Waals surface area (Å²) in [7, 11) is 3.33. The van der Waals surface area contributed by atoms with Gasteiger partial charge in [0.25, 0.3) is 0 Å². The highest BCUT2D eigenvalue weighted by Gasteiger charge is 2.26. The lowest BCUT2D eigenvalue weighted by atomic mass is 9.82. The monoisotopic (exact) mass is 607 g/mol. The number of hydrogen-bond acceptors (Lipinski definition) is 7. The summed E-state index contributed by atoms with van der Waals surface area (Å²) in [5.74, 6) is 1.81. The number of carbonyl (C=O) groups is 1. The van der Waals surface area contributed by atoms with Crippen LogP contribution in [0.3, 0.4) is 0 Å². The molecule has 0 radical (unpaired) electrons. The Bertz CT molecular complexity index is 812. The number of rotatable bonds is 18. The van der Waals surface area contributed by atoms with Crippen molar-refractivity contribution in [2.24, 2.45) is 23.5 Å². The summed E-state index contributed by atoms with van der Waals surface area (Å²) >= 11 is 0. The zero-order valence-electron chi connectivity index (χ0n) is 25.2. The second kappa shape index (κ2) is 21.4. The number of halogens is 2. The molecule has 0 spiro atoms. The molecule has 1 aliphatic rings. The van der Waals surface area contributed by atoms with Gasteiger partial charge in [-0.1, -0.05) is 33.3 Å². The number of ether oxygens (including phenoxy) is 3. The average Bonchev–Trinajstić information content (AvgIpc) is 2.91. The molecule has 1 saturated heterocycles. The third-order valence-corrected chi connectivity index (χ3v) is 7.71. The molecule has 4 unspecified atom stereocenters. The van der Waals surface area contributed by atoms with E-state index in [-0.39, 0.29) is 42.6 Å². The summed E-state index contributed by atoms with van der Waals surface area (Å²) in [6.45, 7) is 11.2. The second-order valence-electron chi connectivity index (χ2n) is 11.2. The lowest BCUT2D eigenvalue weighted by Gasteiger charge is -2.29. The highest BCUT2D eigenvalue weighted by Crippen LogP contribution is 2.31. The molecule has 0 aromatic heterocycles. The molecular weight excluding hydrogens is 553 g/mol. The number of methoxy groups -OCH3 is 2. The third kappa shape index (κ3) is 14.1. The molecule has 1 fully saturated rings. The molecule has 0 aliphatic carbocycles. The topological polar surface area (TPSA) is 106 Å². The molecule has 0 bridgehead atoms. The number of benzene rings is 1. The first-order valence-corrected chi connectivity index (χ1v) is 14.5. The lowest BCUT2D eigenvalue weighted by Crippen LogP contribution is -2.42. The summed E-state index contributed by atoms with van der Waals surface area (Å²) in [4.78, 5) is 15.0. The van der Waals surface area contributed by atoms with Crippen molar-refractivity contribution in [1.82, 2.24) is 10.2 Å². The van der Waals surface area contributed by atoms with Gasteiger partial charge in [0.15, 0.2) is 11.5 Å². The number of nitrogens with one attached hydrogen (secondary N) is 1. The Labute approximate surface area is 254 Å². The maximum Gasteiger partial charge on any atom is 0.222 e. The van der Waals surface area contributed by atoms with Crippen LogP contribution in [0.1, 0.15) is 64.9 Å². The molecule has 4 N–H and O–H groups in total. The van der Waals surface area contributed by atoms with E-state index in [1.807, 2.05) is 19.1 Å². The number of hydrogen-bond donors (Lipinski definition) is 3. The SMILES string of the molecule is COCCCOc1cc(CC(CC(N)C(O)CC(C)C(=O)NCCN2CCCCC2)C(C)C)ccc1OC.Cl.Cl. The van der Waals surface area contributed by atoms with Gasteiger partial charge in [-0.3, -0.25) is 4.79 Å². The Kier molecular flexibility index (Phi) is 20.7. The number of nitrogens with zero attached hydrogens (tertiary/aromatic N) is 1. The summed E-state index contributed by atoms with van der Waals surface area (Å²) in [6, 6.07) is 5.65. The number of nitrogens with two attached hydrogens (primary N) is 1. The zero-order valence-corrected chi connectivity index (χ0v) is 26.9. The molecule has 40 heavy (non-hydrogen) atoms. The Morgan fingerprint density at radius 1 is 1.05 bits per heavy atom. The first-order chi connectivity index (χ1) is 18.2. The Hall–Kier alpha value is -1.29. The van der Waals surface area contributed by atoms with Crippen LogP contribution in [0.15, 0.2) is 18.2 Å². The van der Waals surface area contributed by atoms with Crippen molar-refractivity contribution < 1.29 is 24.1 Å². The molecule has 234 valence electrons. The standard InChI is InChI=1S/C30H53N3O5.2ClH/c1-22(2)25(19-24-10-11-28(37-5)29(20-24)38-17-9-16-36-4)21-26(31)27(34)18-23(3)30(35)32-12-15-33-13-7-6-8-14-33;;/h10-11,20,22-23,25-27,34H,6-9,12-19,21,31H2,1-5H3,(H,32,35);2*1H. The van der Waals surface area contributed by atoms with E-state index in [2.05, 4.69) is 30.1 Å². The van der Waals surface area contributed by atoms with E-state index < -0.39 is 12.1 Å². The number of aliphatic hydroxyl groups is 1. The first kappa shape index (κ1) is 38.7. The number of aliphatic hydroxyl groups excluding tert-OH is 1. The van der Waals surface area contributed by atoms with Gasteiger partial charge in [-0.05, 0) is 74.7 Å². The van der Waals surface area contributed by atoms with Crippen molar-refractivity contribution in [3.05, 3.63) is 23.8 Å². The second-order valence-corrected chi connectivity index (χ2v) is 11.2. The van der Waals surface area contributed by atoms with Gasteiger partial charge in [0.2, 0.25) is 5.91 Å². The highest BCUT2D eigenvalue weighted by atomic mass is 35.5. The van der Waals surface area contributed by atoms with E-state index in [1.54, 1.807) is 14.2 Å². The van der Waals surface area contributed by atoms with Crippen molar-refractivity contribution in [3.8, 4) is 11.5 Å². The van der Waals surface area contributed by atoms with Gasteiger partial charge in [-0.25, -0.2) is 0 Å². The Balaban J connectivity index is 0.00000760. The zero-order chi connectivity index (χ0) is 27.9. The molecule has 1 aromatic carbocycles. The van der Waals surface area contributed by atoms with Gasteiger partial charge in [-0.15, -0.1) is 24.8 Å². The van der Waals surface area contributed by atoms with Gasteiger partial charge in [0.05, 0.1) is 19.8 Å². The fourth-order valence-corrected chi connectivity index (χ4v) is 5.09. The Morgan fingerprint density at radius 2 is 1.75 bits per heavy atom. The number of likely N-dealkylation sites (tertiary alicyclic amines) is 1. The van der Waals surface area contributed by atoms with Gasteiger partial charge < -0.3 is 35.3 Å². The highest BCUT2D eigenvalue weighted by molar-refractivity contribution is 5.85. The maximum absolute atomic E-state index is 12.6. The van der Waals surface area contributed by atoms with Crippen LogP contribution in [0, 0.1) is 17.8 Å². The molecule has 0 saturated carbocycles. The smallest absolute Gasteiger partial charge is 0.222 e. The molecule has 1 amide bonds. The molecule has 1 heterocycles. The van der Waals surface area contributed by atoms with Crippen molar-refractivity contribution in [1.29, 1.82) is 0 Å². The minimum atomic E-state index is -0.727. The van der Waals surface area contributed by atoms with Crippen LogP contribution in [0.5, 0.6) is 11.5 Å². The van der Waals surface area contributed by atoms with E-state index in [9.17, 15) is 9.90 Å². The van der Waals surface area contributed by atoms with E-state index in [4.69, 9.17) is 19.9 Å². The number of amides is 1. The number of carbonyl (C=O) groups excluding carboxylic acids is 1. The van der Waals surface area contributed by atoms with Crippen molar-refractivity contribution in [2.45, 2.75) is 77.9 Å².